The fourth-order valence-corrected chi connectivity index (χ4v) is 7.32. The number of hydrogen-bond donors (Lipinski definition) is 0. The van der Waals surface area contributed by atoms with Crippen LogP contribution in [0, 0.1) is 0 Å². The topological polar surface area (TPSA) is 71.8 Å². The van der Waals surface area contributed by atoms with Crippen LogP contribution >= 0.6 is 15.9 Å². The second-order valence-corrected chi connectivity index (χ2v) is 11.9. The molecule has 188 valence electrons. The number of carbonyl (C=O) groups is 1. The monoisotopic (exact) mass is 569 g/mol. The number of benzene rings is 3. The highest BCUT2D eigenvalue weighted by Gasteiger charge is 2.30. The van der Waals surface area contributed by atoms with Gasteiger partial charge in [0.05, 0.1) is 23.1 Å². The van der Waals surface area contributed by atoms with Crippen molar-refractivity contribution in [3.8, 4) is 5.75 Å². The number of likely N-dealkylation sites (tertiary alicyclic amines) is 1. The number of hydrogen-bond acceptors (Lipinski definition) is 5. The molecule has 4 aromatic rings. The van der Waals surface area contributed by atoms with E-state index >= 15 is 0 Å². The Balaban J connectivity index is 1.66. The number of fused-ring (bicyclic) bond motifs is 2. The smallest absolute Gasteiger partial charge is 0.268 e. The van der Waals surface area contributed by atoms with Crippen molar-refractivity contribution >= 4 is 53.5 Å². The summed E-state index contributed by atoms with van der Waals surface area (Å²) in [6.07, 6.45) is 3.24. The van der Waals surface area contributed by atoms with Crippen LogP contribution < -0.4 is 4.74 Å². The number of ether oxygens (including phenoxy) is 1. The Morgan fingerprint density at radius 1 is 1.00 bits per heavy atom. The number of piperidine rings is 1. The van der Waals surface area contributed by atoms with Crippen LogP contribution in [0.15, 0.2) is 70.2 Å². The van der Waals surface area contributed by atoms with E-state index in [0.29, 0.717) is 37.5 Å². The Morgan fingerprint density at radius 3 is 2.36 bits per heavy atom. The molecule has 1 saturated heterocycles. The molecule has 0 atom stereocenters. The zero-order valence-corrected chi connectivity index (χ0v) is 22.8. The van der Waals surface area contributed by atoms with Gasteiger partial charge in [0.2, 0.25) is 0 Å². The molecule has 0 N–H and O–H groups in total. The summed E-state index contributed by atoms with van der Waals surface area (Å²) < 4.78 is 35.5. The molecule has 0 spiro atoms. The molecule has 0 aliphatic carbocycles. The van der Waals surface area contributed by atoms with Crippen LogP contribution in [0.1, 0.15) is 23.2 Å². The summed E-state index contributed by atoms with van der Waals surface area (Å²) in [5.41, 5.74) is 0.812. The summed E-state index contributed by atoms with van der Waals surface area (Å²) in [6.45, 7) is 1.85. The standard InChI is InChI=1S/C27H28BrN3O4S/c1-29-15-13-18(14-16-29)30(2)27(32)22-17-31(26-21(22)9-6-10-23(26)28)36(33,34)25-12-11-24(35-3)19-7-4-5-8-20(19)25/h4-12,17-18H,13-16H2,1-3H3. The largest absolute Gasteiger partial charge is 0.496 e. The molecule has 0 saturated carbocycles. The molecule has 2 heterocycles. The predicted octanol–water partition coefficient (Wildman–Crippen LogP) is 4.97. The highest BCUT2D eigenvalue weighted by atomic mass is 79.9. The van der Waals surface area contributed by atoms with Gasteiger partial charge in [-0.05, 0) is 67.1 Å². The summed E-state index contributed by atoms with van der Waals surface area (Å²) in [4.78, 5) is 17.9. The number of aromatic nitrogens is 1. The van der Waals surface area contributed by atoms with E-state index in [0.717, 1.165) is 25.9 Å². The Kier molecular flexibility index (Phi) is 6.57. The second kappa shape index (κ2) is 9.53. The maximum Gasteiger partial charge on any atom is 0.268 e. The van der Waals surface area contributed by atoms with Crippen LogP contribution in [-0.2, 0) is 10.0 Å². The molecule has 0 radical (unpaired) electrons. The lowest BCUT2D eigenvalue weighted by molar-refractivity contribution is 0.0661. The number of carbonyl (C=O) groups excluding carboxylic acids is 1. The molecule has 1 aliphatic rings. The van der Waals surface area contributed by atoms with Gasteiger partial charge in [0, 0.05) is 39.9 Å². The molecule has 7 nitrogen and oxygen atoms in total. The number of para-hydroxylation sites is 1. The van der Waals surface area contributed by atoms with Gasteiger partial charge < -0.3 is 14.5 Å². The van der Waals surface area contributed by atoms with Crippen LogP contribution in [-0.4, -0.2) is 68.4 Å². The molecule has 36 heavy (non-hydrogen) atoms. The van der Waals surface area contributed by atoms with Crippen molar-refractivity contribution < 1.29 is 17.9 Å². The third-order valence-electron chi connectivity index (χ3n) is 7.13. The molecule has 0 unspecified atom stereocenters. The fourth-order valence-electron chi connectivity index (χ4n) is 5.06. The van der Waals surface area contributed by atoms with E-state index in [1.54, 1.807) is 48.4 Å². The van der Waals surface area contributed by atoms with Gasteiger partial charge >= 0.3 is 0 Å². The maximum atomic E-state index is 14.1. The third-order valence-corrected chi connectivity index (χ3v) is 9.49. The van der Waals surface area contributed by atoms with Gasteiger partial charge in [-0.1, -0.05) is 36.4 Å². The Labute approximate surface area is 219 Å². The Hall–Kier alpha value is -2.88. The van der Waals surface area contributed by atoms with E-state index in [-0.39, 0.29) is 16.8 Å². The summed E-state index contributed by atoms with van der Waals surface area (Å²) in [5.74, 6) is 0.417. The van der Waals surface area contributed by atoms with Gasteiger partial charge in [-0.2, -0.15) is 0 Å². The number of methoxy groups -OCH3 is 1. The third kappa shape index (κ3) is 4.09. The number of nitrogens with zero attached hydrogens (tertiary/aromatic N) is 3. The number of amides is 1. The quantitative estimate of drug-likeness (QED) is 0.339. The lowest BCUT2D eigenvalue weighted by Gasteiger charge is -2.35. The average molecular weight is 571 g/mol. The van der Waals surface area contributed by atoms with E-state index < -0.39 is 10.0 Å². The lowest BCUT2D eigenvalue weighted by atomic mass is 10.0. The lowest BCUT2D eigenvalue weighted by Crippen LogP contribution is -2.44. The van der Waals surface area contributed by atoms with Gasteiger partial charge in [0.25, 0.3) is 15.9 Å². The molecule has 1 aromatic heterocycles. The van der Waals surface area contributed by atoms with Crippen LogP contribution in [0.25, 0.3) is 21.7 Å². The number of rotatable bonds is 5. The first kappa shape index (κ1) is 24.8. The Morgan fingerprint density at radius 2 is 1.67 bits per heavy atom. The molecule has 1 aliphatic heterocycles. The van der Waals surface area contributed by atoms with E-state index in [1.165, 1.54) is 10.2 Å². The van der Waals surface area contributed by atoms with E-state index in [1.807, 2.05) is 25.2 Å². The van der Waals surface area contributed by atoms with Crippen molar-refractivity contribution in [2.75, 3.05) is 34.3 Å². The molecule has 1 fully saturated rings. The summed E-state index contributed by atoms with van der Waals surface area (Å²) in [7, 11) is 1.40. The second-order valence-electron chi connectivity index (χ2n) is 9.24. The normalized spacial score (nSPS) is 15.4. The first-order valence-electron chi connectivity index (χ1n) is 11.8. The molecular formula is C27H28BrN3O4S. The van der Waals surface area contributed by atoms with Crippen molar-refractivity contribution in [3.05, 3.63) is 70.8 Å². The van der Waals surface area contributed by atoms with Crippen LogP contribution in [0.4, 0.5) is 0 Å². The first-order valence-corrected chi connectivity index (χ1v) is 14.0. The van der Waals surface area contributed by atoms with E-state index in [4.69, 9.17) is 4.74 Å². The SMILES string of the molecule is COc1ccc(S(=O)(=O)n2cc(C(=O)N(C)C3CCN(C)CC3)c3cccc(Br)c32)c2ccccc12. The van der Waals surface area contributed by atoms with Crippen LogP contribution in [0.2, 0.25) is 0 Å². The van der Waals surface area contributed by atoms with Crippen LogP contribution in [0.5, 0.6) is 5.75 Å². The van der Waals surface area contributed by atoms with E-state index in [2.05, 4.69) is 27.9 Å². The zero-order chi connectivity index (χ0) is 25.6. The first-order chi connectivity index (χ1) is 17.2. The molecule has 0 bridgehead atoms. The van der Waals surface area contributed by atoms with Gasteiger partial charge in [-0.15, -0.1) is 0 Å². The van der Waals surface area contributed by atoms with E-state index in [9.17, 15) is 13.2 Å². The minimum atomic E-state index is -4.06. The van der Waals surface area contributed by atoms with Crippen molar-refractivity contribution in [1.82, 2.24) is 13.8 Å². The van der Waals surface area contributed by atoms with Crippen LogP contribution in [0.3, 0.4) is 0 Å². The highest BCUT2D eigenvalue weighted by Crippen LogP contribution is 2.36. The summed E-state index contributed by atoms with van der Waals surface area (Å²) in [5, 5.41) is 1.85. The molecule has 1 amide bonds. The minimum absolute atomic E-state index is 0.112. The van der Waals surface area contributed by atoms with Crippen molar-refractivity contribution in [3.63, 3.8) is 0 Å². The Bertz CT molecular complexity index is 1570. The predicted molar refractivity (Wildman–Crippen MR) is 145 cm³/mol. The average Bonchev–Trinajstić information content (AvgIpc) is 3.29. The minimum Gasteiger partial charge on any atom is -0.496 e. The van der Waals surface area contributed by atoms with Gasteiger partial charge in [0.15, 0.2) is 0 Å². The molecular weight excluding hydrogens is 542 g/mol. The maximum absolute atomic E-state index is 14.1. The number of halogens is 1. The molecule has 5 rings (SSSR count). The zero-order valence-electron chi connectivity index (χ0n) is 20.4. The fraction of sp³-hybridized carbons (Fsp3) is 0.296. The van der Waals surface area contributed by atoms with Crippen molar-refractivity contribution in [1.29, 1.82) is 0 Å². The molecule has 9 heteroatoms. The highest BCUT2D eigenvalue weighted by molar-refractivity contribution is 9.10. The summed E-state index contributed by atoms with van der Waals surface area (Å²) in [6, 6.07) is 16.0. The van der Waals surface area contributed by atoms with Crippen molar-refractivity contribution in [2.24, 2.45) is 0 Å². The van der Waals surface area contributed by atoms with Gasteiger partial charge in [-0.3, -0.25) is 4.79 Å². The summed E-state index contributed by atoms with van der Waals surface area (Å²) >= 11 is 3.53. The van der Waals surface area contributed by atoms with Gasteiger partial charge in [-0.25, -0.2) is 12.4 Å². The molecule has 3 aromatic carbocycles. The van der Waals surface area contributed by atoms with Crippen molar-refractivity contribution in [2.45, 2.75) is 23.8 Å². The van der Waals surface area contributed by atoms with Gasteiger partial charge in [0.1, 0.15) is 5.75 Å².